The van der Waals surface area contributed by atoms with Crippen molar-refractivity contribution in [2.75, 3.05) is 18.2 Å². The predicted octanol–water partition coefficient (Wildman–Crippen LogP) is 2.00. The number of nitrogens with one attached hydrogen (secondary N) is 2. The van der Waals surface area contributed by atoms with Crippen molar-refractivity contribution >= 4 is 23.3 Å². The smallest absolute Gasteiger partial charge is 0.275 e. The van der Waals surface area contributed by atoms with E-state index < -0.39 is 5.91 Å². The Kier molecular flexibility index (Phi) is 6.63. The minimum absolute atomic E-state index is 0.0199. The van der Waals surface area contributed by atoms with Crippen LogP contribution in [0, 0.1) is 0 Å². The standard InChI is InChI=1S/C21H24N6O3/c1-3-14-8-4-6-10-16(14)24-18(28)13-27-20(22)19(25-26-27)21(29)23-12-15-9-5-7-11-17(15)30-2/h4-11H,3,12-13,22H2,1-2H3,(H,23,29)(H,24,28). The minimum atomic E-state index is -0.485. The van der Waals surface area contributed by atoms with Crippen molar-refractivity contribution < 1.29 is 14.3 Å². The molecule has 0 unspecified atom stereocenters. The molecule has 156 valence electrons. The third-order valence-electron chi connectivity index (χ3n) is 4.59. The van der Waals surface area contributed by atoms with Crippen LogP contribution in [0.4, 0.5) is 11.5 Å². The molecule has 4 N–H and O–H groups in total. The fraction of sp³-hybridized carbons (Fsp3) is 0.238. The van der Waals surface area contributed by atoms with Crippen LogP contribution in [0.2, 0.25) is 0 Å². The summed E-state index contributed by atoms with van der Waals surface area (Å²) in [5, 5.41) is 13.2. The van der Waals surface area contributed by atoms with Gasteiger partial charge in [0.2, 0.25) is 5.91 Å². The van der Waals surface area contributed by atoms with Gasteiger partial charge in [0.15, 0.2) is 11.5 Å². The highest BCUT2D eigenvalue weighted by Gasteiger charge is 2.19. The molecule has 0 aliphatic heterocycles. The molecule has 0 aliphatic rings. The molecule has 0 fully saturated rings. The number of aromatic nitrogens is 3. The van der Waals surface area contributed by atoms with Gasteiger partial charge in [-0.25, -0.2) is 4.68 Å². The number of nitrogen functional groups attached to an aromatic ring is 1. The summed E-state index contributed by atoms with van der Waals surface area (Å²) in [6.45, 7) is 2.09. The quantitative estimate of drug-likeness (QED) is 0.524. The number of methoxy groups -OCH3 is 1. The second kappa shape index (κ2) is 9.55. The van der Waals surface area contributed by atoms with Crippen LogP contribution in [0.3, 0.4) is 0 Å². The van der Waals surface area contributed by atoms with Gasteiger partial charge in [0.25, 0.3) is 5.91 Å². The summed E-state index contributed by atoms with van der Waals surface area (Å²) in [4.78, 5) is 24.9. The van der Waals surface area contributed by atoms with E-state index in [-0.39, 0.29) is 30.5 Å². The lowest BCUT2D eigenvalue weighted by atomic mass is 10.1. The van der Waals surface area contributed by atoms with Crippen LogP contribution >= 0.6 is 0 Å². The molecular formula is C21H24N6O3. The Morgan fingerprint density at radius 3 is 2.53 bits per heavy atom. The molecule has 3 rings (SSSR count). The van der Waals surface area contributed by atoms with Gasteiger partial charge in [-0.15, -0.1) is 5.10 Å². The fourth-order valence-corrected chi connectivity index (χ4v) is 2.98. The monoisotopic (exact) mass is 408 g/mol. The van der Waals surface area contributed by atoms with Gasteiger partial charge in [-0.05, 0) is 24.1 Å². The first kappa shape index (κ1) is 20.8. The average molecular weight is 408 g/mol. The number of benzene rings is 2. The SMILES string of the molecule is CCc1ccccc1NC(=O)Cn1nnc(C(=O)NCc2ccccc2OC)c1N. The first-order chi connectivity index (χ1) is 14.5. The van der Waals surface area contributed by atoms with Gasteiger partial charge in [-0.2, -0.15) is 0 Å². The van der Waals surface area contributed by atoms with E-state index in [1.807, 2.05) is 49.4 Å². The number of ether oxygens (including phenoxy) is 1. The van der Waals surface area contributed by atoms with Gasteiger partial charge in [-0.3, -0.25) is 9.59 Å². The van der Waals surface area contributed by atoms with Crippen LogP contribution in [0.1, 0.15) is 28.5 Å². The number of para-hydroxylation sites is 2. The summed E-state index contributed by atoms with van der Waals surface area (Å²) >= 11 is 0. The average Bonchev–Trinajstić information content (AvgIpc) is 3.12. The van der Waals surface area contributed by atoms with Crippen LogP contribution in [-0.2, 0) is 24.3 Å². The zero-order valence-electron chi connectivity index (χ0n) is 16.9. The minimum Gasteiger partial charge on any atom is -0.496 e. The Morgan fingerprint density at radius 1 is 1.10 bits per heavy atom. The maximum atomic E-state index is 12.5. The second-order valence-corrected chi connectivity index (χ2v) is 6.53. The molecule has 3 aromatic rings. The predicted molar refractivity (Wildman–Crippen MR) is 113 cm³/mol. The molecule has 1 heterocycles. The second-order valence-electron chi connectivity index (χ2n) is 6.53. The third kappa shape index (κ3) is 4.75. The lowest BCUT2D eigenvalue weighted by Crippen LogP contribution is -2.25. The Hall–Kier alpha value is -3.88. The highest BCUT2D eigenvalue weighted by Crippen LogP contribution is 2.18. The molecule has 0 spiro atoms. The summed E-state index contributed by atoms with van der Waals surface area (Å²) in [5.74, 6) is -0.111. The van der Waals surface area contributed by atoms with Gasteiger partial charge in [0.05, 0.1) is 7.11 Å². The van der Waals surface area contributed by atoms with Crippen molar-refractivity contribution in [3.8, 4) is 5.75 Å². The van der Waals surface area contributed by atoms with E-state index in [1.54, 1.807) is 13.2 Å². The summed E-state index contributed by atoms with van der Waals surface area (Å²) in [6.07, 6.45) is 0.790. The van der Waals surface area contributed by atoms with Crippen molar-refractivity contribution in [1.82, 2.24) is 20.3 Å². The first-order valence-corrected chi connectivity index (χ1v) is 9.50. The molecule has 2 aromatic carbocycles. The molecule has 0 radical (unpaired) electrons. The first-order valence-electron chi connectivity index (χ1n) is 9.50. The number of hydrogen-bond acceptors (Lipinski definition) is 6. The highest BCUT2D eigenvalue weighted by atomic mass is 16.5. The number of rotatable bonds is 8. The van der Waals surface area contributed by atoms with Crippen LogP contribution in [0.15, 0.2) is 48.5 Å². The van der Waals surface area contributed by atoms with E-state index in [0.29, 0.717) is 5.75 Å². The Labute approximate surface area is 174 Å². The van der Waals surface area contributed by atoms with Crippen LogP contribution in [0.5, 0.6) is 5.75 Å². The number of hydrogen-bond donors (Lipinski definition) is 3. The molecule has 0 aliphatic carbocycles. The molecule has 0 bridgehead atoms. The molecule has 0 saturated carbocycles. The van der Waals surface area contributed by atoms with Gasteiger partial charge >= 0.3 is 0 Å². The molecular weight excluding hydrogens is 384 g/mol. The van der Waals surface area contributed by atoms with Gasteiger partial charge in [-0.1, -0.05) is 48.5 Å². The number of amides is 2. The van der Waals surface area contributed by atoms with Crippen molar-refractivity contribution in [3.05, 3.63) is 65.4 Å². The van der Waals surface area contributed by atoms with Crippen molar-refractivity contribution in [1.29, 1.82) is 0 Å². The molecule has 30 heavy (non-hydrogen) atoms. The maximum Gasteiger partial charge on any atom is 0.275 e. The zero-order valence-corrected chi connectivity index (χ0v) is 16.9. The van der Waals surface area contributed by atoms with E-state index >= 15 is 0 Å². The van der Waals surface area contributed by atoms with Crippen molar-refractivity contribution in [3.63, 3.8) is 0 Å². The number of carbonyl (C=O) groups excluding carboxylic acids is 2. The van der Waals surface area contributed by atoms with Gasteiger partial charge < -0.3 is 21.1 Å². The van der Waals surface area contributed by atoms with Crippen LogP contribution in [0.25, 0.3) is 0 Å². The molecule has 2 amide bonds. The Bertz CT molecular complexity index is 1050. The van der Waals surface area contributed by atoms with Crippen molar-refractivity contribution in [2.24, 2.45) is 0 Å². The fourth-order valence-electron chi connectivity index (χ4n) is 2.98. The number of aryl methyl sites for hydroxylation is 1. The Balaban J connectivity index is 1.63. The van der Waals surface area contributed by atoms with Gasteiger partial charge in [0.1, 0.15) is 12.3 Å². The molecule has 9 heteroatoms. The largest absolute Gasteiger partial charge is 0.496 e. The van der Waals surface area contributed by atoms with Crippen molar-refractivity contribution in [2.45, 2.75) is 26.4 Å². The summed E-state index contributed by atoms with van der Waals surface area (Å²) in [6, 6.07) is 14.9. The van der Waals surface area contributed by atoms with Gasteiger partial charge in [0, 0.05) is 17.8 Å². The normalized spacial score (nSPS) is 10.5. The third-order valence-corrected chi connectivity index (χ3v) is 4.59. The summed E-state index contributed by atoms with van der Waals surface area (Å²) < 4.78 is 6.46. The Morgan fingerprint density at radius 2 is 1.80 bits per heavy atom. The van der Waals surface area contributed by atoms with Crippen LogP contribution in [-0.4, -0.2) is 33.9 Å². The van der Waals surface area contributed by atoms with E-state index in [0.717, 1.165) is 23.2 Å². The number of anilines is 2. The zero-order chi connectivity index (χ0) is 21.5. The number of carbonyl (C=O) groups is 2. The van der Waals surface area contributed by atoms with Crippen LogP contribution < -0.4 is 21.1 Å². The topological polar surface area (TPSA) is 124 Å². The lowest BCUT2D eigenvalue weighted by Gasteiger charge is -2.10. The molecule has 0 saturated heterocycles. The number of nitrogens with two attached hydrogens (primary N) is 1. The highest BCUT2D eigenvalue weighted by molar-refractivity contribution is 5.97. The van der Waals surface area contributed by atoms with E-state index in [4.69, 9.17) is 10.5 Å². The lowest BCUT2D eigenvalue weighted by molar-refractivity contribution is -0.116. The maximum absolute atomic E-state index is 12.5. The molecule has 1 aromatic heterocycles. The molecule has 9 nitrogen and oxygen atoms in total. The summed E-state index contributed by atoms with van der Waals surface area (Å²) in [5.41, 5.74) is 8.53. The van der Waals surface area contributed by atoms with E-state index in [1.165, 1.54) is 4.68 Å². The van der Waals surface area contributed by atoms with E-state index in [9.17, 15) is 9.59 Å². The molecule has 0 atom stereocenters. The van der Waals surface area contributed by atoms with E-state index in [2.05, 4.69) is 20.9 Å². The summed E-state index contributed by atoms with van der Waals surface area (Å²) in [7, 11) is 1.56. The number of nitrogens with zero attached hydrogens (tertiary/aromatic N) is 3.